The average molecular weight is 463 g/mol. The van der Waals surface area contributed by atoms with Gasteiger partial charge in [-0.25, -0.2) is 0 Å². The van der Waals surface area contributed by atoms with Crippen LogP contribution in [-0.2, 0) is 9.59 Å². The molecule has 0 radical (unpaired) electrons. The molecule has 1 saturated heterocycles. The van der Waals surface area contributed by atoms with E-state index in [0.29, 0.717) is 13.6 Å². The Morgan fingerprint density at radius 3 is 2.43 bits per heavy atom. The smallest absolute Gasteiger partial charge is 0.263 e. The highest BCUT2D eigenvalue weighted by atomic mass is 127. The predicted molar refractivity (Wildman–Crippen MR) is 83.5 cm³/mol. The van der Waals surface area contributed by atoms with Gasteiger partial charge in [-0.1, -0.05) is 0 Å². The summed E-state index contributed by atoms with van der Waals surface area (Å²) < 4.78 is 1.17. The maximum Gasteiger partial charge on any atom is 0.263 e. The van der Waals surface area contributed by atoms with Gasteiger partial charge < -0.3 is 0 Å². The summed E-state index contributed by atoms with van der Waals surface area (Å²) in [5.74, 6) is -1.99. The lowest BCUT2D eigenvalue weighted by Gasteiger charge is -2.27. The van der Waals surface area contributed by atoms with Crippen molar-refractivity contribution in [3.8, 4) is 0 Å². The minimum Gasteiger partial charge on any atom is -0.295 e. The Balaban J connectivity index is 2.05. The maximum atomic E-state index is 12.5. The van der Waals surface area contributed by atoms with Crippen molar-refractivity contribution in [2.45, 2.75) is 18.9 Å². The van der Waals surface area contributed by atoms with E-state index >= 15 is 0 Å². The predicted octanol–water partition coefficient (Wildman–Crippen LogP) is 1.45. The van der Waals surface area contributed by atoms with E-state index in [1.165, 1.54) is 0 Å². The normalized spacial score (nSPS) is 21.6. The van der Waals surface area contributed by atoms with Gasteiger partial charge in [-0.3, -0.25) is 29.4 Å². The van der Waals surface area contributed by atoms with Gasteiger partial charge >= 0.3 is 0 Å². The number of piperidine rings is 1. The van der Waals surface area contributed by atoms with Crippen LogP contribution < -0.4 is 5.32 Å². The number of halogens is 2. The molecule has 0 bridgehead atoms. The molecule has 4 amide bonds. The number of rotatable bonds is 1. The van der Waals surface area contributed by atoms with Gasteiger partial charge in [0.25, 0.3) is 11.8 Å². The van der Waals surface area contributed by atoms with Crippen LogP contribution in [0.4, 0.5) is 0 Å². The van der Waals surface area contributed by atoms with Gasteiger partial charge in [0, 0.05) is 14.5 Å². The molecule has 2 aliphatic heterocycles. The largest absolute Gasteiger partial charge is 0.295 e. The number of nitrogens with zero attached hydrogens (tertiary/aromatic N) is 1. The monoisotopic (exact) mass is 462 g/mol. The third kappa shape index (κ3) is 2.20. The number of benzene rings is 1. The lowest BCUT2D eigenvalue weighted by molar-refractivity contribution is -0.136. The fourth-order valence-electron chi connectivity index (χ4n) is 2.51. The van der Waals surface area contributed by atoms with Crippen molar-refractivity contribution in [2.75, 3.05) is 0 Å². The summed E-state index contributed by atoms with van der Waals surface area (Å²) in [4.78, 5) is 49.1. The van der Waals surface area contributed by atoms with Crippen LogP contribution in [0.3, 0.4) is 0 Å². The number of hydrogen-bond acceptors (Lipinski definition) is 4. The molecule has 1 aromatic carbocycles. The average Bonchev–Trinajstić information content (AvgIpc) is 2.68. The lowest BCUT2D eigenvalue weighted by atomic mass is 10.0. The van der Waals surface area contributed by atoms with Gasteiger partial charge in [-0.15, -0.1) is 0 Å². The zero-order chi connectivity index (χ0) is 15.3. The van der Waals surface area contributed by atoms with Crippen LogP contribution in [0.2, 0.25) is 0 Å². The van der Waals surface area contributed by atoms with Gasteiger partial charge in [0.1, 0.15) is 6.04 Å². The molecule has 1 aromatic rings. The molecule has 1 N–H and O–H groups in total. The van der Waals surface area contributed by atoms with E-state index < -0.39 is 23.8 Å². The van der Waals surface area contributed by atoms with Crippen LogP contribution in [0.1, 0.15) is 33.6 Å². The Labute approximate surface area is 141 Å². The van der Waals surface area contributed by atoms with Crippen molar-refractivity contribution >= 4 is 62.1 Å². The second-order valence-corrected chi connectivity index (χ2v) is 6.74. The Morgan fingerprint density at radius 1 is 1.14 bits per heavy atom. The molecule has 2 aliphatic rings. The molecule has 0 aromatic heterocycles. The summed E-state index contributed by atoms with van der Waals surface area (Å²) in [6.45, 7) is 0. The topological polar surface area (TPSA) is 83.6 Å². The van der Waals surface area contributed by atoms with E-state index in [1.54, 1.807) is 12.1 Å². The van der Waals surface area contributed by atoms with E-state index in [2.05, 4.69) is 21.2 Å². The lowest BCUT2D eigenvalue weighted by Crippen LogP contribution is -2.54. The Morgan fingerprint density at radius 2 is 1.81 bits per heavy atom. The van der Waals surface area contributed by atoms with Crippen molar-refractivity contribution < 1.29 is 19.2 Å². The summed E-state index contributed by atoms with van der Waals surface area (Å²) in [5, 5.41) is 2.17. The SMILES string of the molecule is O=C1CCC(N2C(=O)c3c(Br)ccc(I)c3C2=O)C(=O)N1. The molecule has 108 valence electrons. The van der Waals surface area contributed by atoms with Crippen molar-refractivity contribution in [3.05, 3.63) is 31.3 Å². The number of hydrogen-bond donors (Lipinski definition) is 1. The van der Waals surface area contributed by atoms with Gasteiger partial charge in [0.05, 0.1) is 11.1 Å². The molecule has 3 rings (SSSR count). The van der Waals surface area contributed by atoms with Crippen LogP contribution >= 0.6 is 38.5 Å². The first-order valence-electron chi connectivity index (χ1n) is 6.11. The van der Waals surface area contributed by atoms with Crippen LogP contribution in [0.25, 0.3) is 0 Å². The quantitative estimate of drug-likeness (QED) is 0.506. The fraction of sp³-hybridized carbons (Fsp3) is 0.231. The van der Waals surface area contributed by atoms with Gasteiger partial charge in [-0.2, -0.15) is 0 Å². The number of carbonyl (C=O) groups is 4. The summed E-state index contributed by atoms with van der Waals surface area (Å²) in [6.07, 6.45) is 0.270. The van der Waals surface area contributed by atoms with Gasteiger partial charge in [0.15, 0.2) is 0 Å². The number of nitrogens with one attached hydrogen (secondary N) is 1. The summed E-state index contributed by atoms with van der Waals surface area (Å²) >= 11 is 5.25. The molecule has 6 nitrogen and oxygen atoms in total. The molecular weight excluding hydrogens is 455 g/mol. The van der Waals surface area contributed by atoms with Crippen molar-refractivity contribution in [1.29, 1.82) is 0 Å². The zero-order valence-electron chi connectivity index (χ0n) is 10.5. The summed E-state index contributed by atoms with van der Waals surface area (Å²) in [7, 11) is 0. The van der Waals surface area contributed by atoms with E-state index in [0.717, 1.165) is 4.90 Å². The second kappa shape index (κ2) is 5.16. The Kier molecular flexibility index (Phi) is 3.60. The van der Waals surface area contributed by atoms with E-state index in [4.69, 9.17) is 0 Å². The molecule has 0 aliphatic carbocycles. The summed E-state index contributed by atoms with van der Waals surface area (Å²) in [5.41, 5.74) is 0.580. The highest BCUT2D eigenvalue weighted by Crippen LogP contribution is 2.34. The fourth-order valence-corrected chi connectivity index (χ4v) is 3.69. The number of fused-ring (bicyclic) bond motifs is 1. The van der Waals surface area contributed by atoms with Crippen LogP contribution in [0, 0.1) is 3.57 Å². The van der Waals surface area contributed by atoms with Crippen molar-refractivity contribution in [3.63, 3.8) is 0 Å². The molecule has 21 heavy (non-hydrogen) atoms. The molecule has 1 unspecified atom stereocenters. The second-order valence-electron chi connectivity index (χ2n) is 4.73. The molecule has 8 heteroatoms. The number of carbonyl (C=O) groups excluding carboxylic acids is 4. The van der Waals surface area contributed by atoms with E-state index in [1.807, 2.05) is 22.6 Å². The van der Waals surface area contributed by atoms with Crippen molar-refractivity contribution in [1.82, 2.24) is 10.2 Å². The highest BCUT2D eigenvalue weighted by molar-refractivity contribution is 14.1. The third-order valence-electron chi connectivity index (χ3n) is 3.49. The minimum atomic E-state index is -0.933. The van der Waals surface area contributed by atoms with Crippen LogP contribution in [-0.4, -0.2) is 34.6 Å². The Hall–Kier alpha value is -1.29. The first kappa shape index (κ1) is 14.6. The first-order chi connectivity index (χ1) is 9.91. The zero-order valence-corrected chi connectivity index (χ0v) is 14.2. The third-order valence-corrected chi connectivity index (χ3v) is 5.05. The molecular formula is C13H8BrIN2O4. The first-order valence-corrected chi connectivity index (χ1v) is 7.98. The maximum absolute atomic E-state index is 12.5. The molecule has 1 atom stereocenters. The molecule has 2 heterocycles. The molecule has 1 fully saturated rings. The van der Waals surface area contributed by atoms with Crippen LogP contribution in [0.15, 0.2) is 16.6 Å². The minimum absolute atomic E-state index is 0.113. The van der Waals surface area contributed by atoms with Crippen LogP contribution in [0.5, 0.6) is 0 Å². The number of imide groups is 2. The summed E-state index contributed by atoms with van der Waals surface area (Å²) in [6, 6.07) is 2.49. The molecule has 0 spiro atoms. The van der Waals surface area contributed by atoms with Gasteiger partial charge in [0.2, 0.25) is 11.8 Å². The van der Waals surface area contributed by atoms with E-state index in [9.17, 15) is 19.2 Å². The van der Waals surface area contributed by atoms with E-state index in [-0.39, 0.29) is 24.3 Å². The van der Waals surface area contributed by atoms with Gasteiger partial charge in [-0.05, 0) is 57.1 Å². The standard InChI is InChI=1S/C13H8BrIN2O4/c14-5-1-2-6(15)10-9(5)12(20)17(13(10)21)7-3-4-8(18)16-11(7)19/h1-2,7H,3-4H2,(H,16,18,19). The van der Waals surface area contributed by atoms with Crippen molar-refractivity contribution in [2.24, 2.45) is 0 Å². The Bertz CT molecular complexity index is 677. The molecule has 0 saturated carbocycles. The highest BCUT2D eigenvalue weighted by Gasteiger charge is 2.46. The number of amides is 4.